The zero-order valence-electron chi connectivity index (χ0n) is 16.0. The van der Waals surface area contributed by atoms with Gasteiger partial charge in [-0.25, -0.2) is 13.6 Å². The third kappa shape index (κ3) is 5.56. The maximum absolute atomic E-state index is 14.3. The van der Waals surface area contributed by atoms with Crippen molar-refractivity contribution in [2.75, 3.05) is 6.73 Å². The van der Waals surface area contributed by atoms with Crippen LogP contribution in [0.4, 0.5) is 13.6 Å². The first-order valence-corrected chi connectivity index (χ1v) is 8.67. The number of phenols is 1. The van der Waals surface area contributed by atoms with Gasteiger partial charge in [0.2, 0.25) is 0 Å². The Labute approximate surface area is 162 Å². The summed E-state index contributed by atoms with van der Waals surface area (Å²) in [5, 5.41) is 9.54. The Balaban J connectivity index is 2.23. The summed E-state index contributed by atoms with van der Waals surface area (Å²) in [7, 11) is 0. The molecule has 0 unspecified atom stereocenters. The predicted octanol–water partition coefficient (Wildman–Crippen LogP) is 3.90. The number of halogens is 2. The fraction of sp³-hybridized carbons (Fsp3) is 0.350. The number of nitrogens with two attached hydrogens (primary N) is 1. The van der Waals surface area contributed by atoms with Crippen molar-refractivity contribution in [3.05, 3.63) is 59.2 Å². The van der Waals surface area contributed by atoms with Crippen LogP contribution in [0.2, 0.25) is 0 Å². The number of carbonyl (C=O) groups is 1. The summed E-state index contributed by atoms with van der Waals surface area (Å²) in [6, 6.07) is 8.56. The Morgan fingerprint density at radius 2 is 1.75 bits per heavy atom. The molecule has 0 spiro atoms. The number of aromatic hydroxyl groups is 1. The van der Waals surface area contributed by atoms with Crippen molar-refractivity contribution in [3.63, 3.8) is 0 Å². The van der Waals surface area contributed by atoms with Crippen molar-refractivity contribution in [1.82, 2.24) is 4.90 Å². The number of rotatable bonds is 6. The third-order valence-corrected chi connectivity index (χ3v) is 3.71. The molecule has 0 atom stereocenters. The van der Waals surface area contributed by atoms with E-state index in [0.29, 0.717) is 0 Å². The standard InChI is InChI=1S/C20H24F2N2O4/c1-20(2,3)28-19(26)24(11-14-7-4-8-15(25)17(14)21)12-27-16-9-5-6-13(10-23)18(16)22/h4-9,25H,10-12,23H2,1-3H3. The number of amides is 1. The molecule has 0 heterocycles. The summed E-state index contributed by atoms with van der Waals surface area (Å²) in [6.45, 7) is 4.41. The first-order valence-electron chi connectivity index (χ1n) is 8.67. The lowest BCUT2D eigenvalue weighted by atomic mass is 10.2. The van der Waals surface area contributed by atoms with Crippen LogP contribution in [0, 0.1) is 11.6 Å². The number of phenolic OH excluding ortho intramolecular Hbond substituents is 1. The second kappa shape index (κ2) is 8.88. The zero-order valence-corrected chi connectivity index (χ0v) is 16.0. The third-order valence-electron chi connectivity index (χ3n) is 3.71. The van der Waals surface area contributed by atoms with Crippen molar-refractivity contribution < 1.29 is 28.2 Å². The van der Waals surface area contributed by atoms with Crippen LogP contribution in [0.25, 0.3) is 0 Å². The lowest BCUT2D eigenvalue weighted by Gasteiger charge is -2.27. The molecule has 152 valence electrons. The fourth-order valence-corrected chi connectivity index (χ4v) is 2.36. The average Bonchev–Trinajstić information content (AvgIpc) is 2.61. The molecule has 2 aromatic carbocycles. The summed E-state index contributed by atoms with van der Waals surface area (Å²) in [4.78, 5) is 13.6. The number of nitrogens with zero attached hydrogens (tertiary/aromatic N) is 1. The fourth-order valence-electron chi connectivity index (χ4n) is 2.36. The van der Waals surface area contributed by atoms with E-state index in [2.05, 4.69) is 0 Å². The van der Waals surface area contributed by atoms with Crippen molar-refractivity contribution in [2.45, 2.75) is 39.5 Å². The van der Waals surface area contributed by atoms with Gasteiger partial charge in [0.1, 0.15) is 5.60 Å². The quantitative estimate of drug-likeness (QED) is 0.726. The van der Waals surface area contributed by atoms with Gasteiger partial charge < -0.3 is 20.3 Å². The van der Waals surface area contributed by atoms with Crippen LogP contribution in [-0.4, -0.2) is 28.4 Å². The SMILES string of the molecule is CC(C)(C)OC(=O)N(COc1cccc(CN)c1F)Cc1cccc(O)c1F. The van der Waals surface area contributed by atoms with Crippen LogP contribution >= 0.6 is 0 Å². The highest BCUT2D eigenvalue weighted by Gasteiger charge is 2.24. The van der Waals surface area contributed by atoms with Crippen LogP contribution in [0.5, 0.6) is 11.5 Å². The first-order chi connectivity index (χ1) is 13.1. The molecule has 2 rings (SSSR count). The Hall–Kier alpha value is -2.87. The second-order valence-corrected chi connectivity index (χ2v) is 7.14. The molecule has 0 fully saturated rings. The number of ether oxygens (including phenoxy) is 2. The molecule has 28 heavy (non-hydrogen) atoms. The molecule has 1 amide bonds. The summed E-state index contributed by atoms with van der Waals surface area (Å²) in [5.74, 6) is -2.11. The summed E-state index contributed by atoms with van der Waals surface area (Å²) in [5.41, 5.74) is 5.01. The van der Waals surface area contributed by atoms with E-state index in [4.69, 9.17) is 15.2 Å². The Bertz CT molecular complexity index is 837. The van der Waals surface area contributed by atoms with E-state index in [-0.39, 0.29) is 30.0 Å². The van der Waals surface area contributed by atoms with Crippen LogP contribution in [0.3, 0.4) is 0 Å². The topological polar surface area (TPSA) is 85.0 Å². The van der Waals surface area contributed by atoms with E-state index < -0.39 is 35.8 Å². The molecule has 3 N–H and O–H groups in total. The molecule has 0 aliphatic carbocycles. The maximum Gasteiger partial charge on any atom is 0.413 e. The Morgan fingerprint density at radius 3 is 2.39 bits per heavy atom. The number of benzene rings is 2. The highest BCUT2D eigenvalue weighted by molar-refractivity contribution is 5.68. The molecule has 0 saturated carbocycles. The van der Waals surface area contributed by atoms with E-state index in [9.17, 15) is 18.7 Å². The second-order valence-electron chi connectivity index (χ2n) is 7.14. The normalized spacial score (nSPS) is 11.2. The van der Waals surface area contributed by atoms with Gasteiger partial charge in [-0.1, -0.05) is 24.3 Å². The van der Waals surface area contributed by atoms with Crippen molar-refractivity contribution in [1.29, 1.82) is 0 Å². The van der Waals surface area contributed by atoms with E-state index in [0.717, 1.165) is 4.90 Å². The van der Waals surface area contributed by atoms with Crippen molar-refractivity contribution in [3.8, 4) is 11.5 Å². The van der Waals surface area contributed by atoms with Gasteiger partial charge >= 0.3 is 6.09 Å². The van der Waals surface area contributed by atoms with Gasteiger partial charge in [-0.3, -0.25) is 4.90 Å². The minimum Gasteiger partial charge on any atom is -0.505 e. The van der Waals surface area contributed by atoms with E-state index in [1.807, 2.05) is 0 Å². The molecule has 0 aromatic heterocycles. The lowest BCUT2D eigenvalue weighted by Crippen LogP contribution is -2.39. The van der Waals surface area contributed by atoms with E-state index in [1.54, 1.807) is 26.8 Å². The summed E-state index contributed by atoms with van der Waals surface area (Å²) >= 11 is 0. The molecule has 8 heteroatoms. The first kappa shape index (κ1) is 21.4. The number of carbonyl (C=O) groups excluding carboxylic acids is 1. The van der Waals surface area contributed by atoms with Gasteiger partial charge in [0, 0.05) is 17.7 Å². The molecule has 0 saturated heterocycles. The van der Waals surface area contributed by atoms with Gasteiger partial charge in [-0.15, -0.1) is 0 Å². The molecule has 0 bridgehead atoms. The minimum absolute atomic E-state index is 0.00663. The highest BCUT2D eigenvalue weighted by Crippen LogP contribution is 2.23. The molecule has 2 aromatic rings. The highest BCUT2D eigenvalue weighted by atomic mass is 19.1. The minimum atomic E-state index is -0.854. The van der Waals surface area contributed by atoms with Gasteiger partial charge in [0.05, 0.1) is 6.54 Å². The monoisotopic (exact) mass is 394 g/mol. The Kier molecular flexibility index (Phi) is 6.80. The predicted molar refractivity (Wildman–Crippen MR) is 99.6 cm³/mol. The molecule has 0 radical (unpaired) electrons. The van der Waals surface area contributed by atoms with Gasteiger partial charge in [-0.05, 0) is 32.9 Å². The zero-order chi connectivity index (χ0) is 20.9. The van der Waals surface area contributed by atoms with Gasteiger partial charge in [0.25, 0.3) is 0 Å². The van der Waals surface area contributed by atoms with Crippen LogP contribution in [-0.2, 0) is 17.8 Å². The Morgan fingerprint density at radius 1 is 1.11 bits per heavy atom. The molecule has 0 aliphatic heterocycles. The average molecular weight is 394 g/mol. The van der Waals surface area contributed by atoms with Gasteiger partial charge in [-0.2, -0.15) is 0 Å². The summed E-state index contributed by atoms with van der Waals surface area (Å²) < 4.78 is 39.2. The summed E-state index contributed by atoms with van der Waals surface area (Å²) in [6.07, 6.45) is -0.773. The van der Waals surface area contributed by atoms with E-state index >= 15 is 0 Å². The van der Waals surface area contributed by atoms with Crippen LogP contribution < -0.4 is 10.5 Å². The molecule has 6 nitrogen and oxygen atoms in total. The van der Waals surface area contributed by atoms with E-state index in [1.165, 1.54) is 30.3 Å². The largest absolute Gasteiger partial charge is 0.505 e. The van der Waals surface area contributed by atoms with Crippen LogP contribution in [0.1, 0.15) is 31.9 Å². The van der Waals surface area contributed by atoms with Crippen LogP contribution in [0.15, 0.2) is 36.4 Å². The van der Waals surface area contributed by atoms with Gasteiger partial charge in [0.15, 0.2) is 29.9 Å². The smallest absolute Gasteiger partial charge is 0.413 e. The van der Waals surface area contributed by atoms with Crippen molar-refractivity contribution in [2.24, 2.45) is 5.73 Å². The molecule has 0 aliphatic rings. The number of hydrogen-bond acceptors (Lipinski definition) is 5. The van der Waals surface area contributed by atoms with Crippen molar-refractivity contribution >= 4 is 6.09 Å². The number of hydrogen-bond donors (Lipinski definition) is 2. The maximum atomic E-state index is 14.3. The lowest BCUT2D eigenvalue weighted by molar-refractivity contribution is 0.00684. The molecular formula is C20H24F2N2O4. The molecular weight excluding hydrogens is 370 g/mol.